The second-order valence-corrected chi connectivity index (χ2v) is 9.24. The summed E-state index contributed by atoms with van der Waals surface area (Å²) in [5.74, 6) is 1.42. The molecule has 31 heavy (non-hydrogen) atoms. The lowest BCUT2D eigenvalue weighted by Gasteiger charge is -2.34. The van der Waals surface area contributed by atoms with E-state index < -0.39 is 0 Å². The van der Waals surface area contributed by atoms with Gasteiger partial charge in [0.05, 0.1) is 23.5 Å². The van der Waals surface area contributed by atoms with Crippen LogP contribution in [0.15, 0.2) is 53.0 Å². The lowest BCUT2D eigenvalue weighted by atomic mass is 9.96. The minimum Gasteiger partial charge on any atom is -0.343 e. The average Bonchev–Trinajstić information content (AvgIpc) is 3.15. The molecule has 1 aromatic heterocycles. The summed E-state index contributed by atoms with van der Waals surface area (Å²) in [5, 5.41) is 0. The van der Waals surface area contributed by atoms with E-state index in [1.165, 1.54) is 0 Å². The maximum atomic E-state index is 13.1. The Kier molecular flexibility index (Phi) is 7.08. The van der Waals surface area contributed by atoms with Gasteiger partial charge in [0, 0.05) is 29.8 Å². The Labute approximate surface area is 193 Å². The van der Waals surface area contributed by atoms with Crippen LogP contribution >= 0.6 is 15.9 Å². The van der Waals surface area contributed by atoms with Crippen LogP contribution in [-0.4, -0.2) is 51.4 Å². The third-order valence-corrected chi connectivity index (χ3v) is 6.60. The normalized spacial score (nSPS) is 17.2. The van der Waals surface area contributed by atoms with Crippen molar-refractivity contribution in [1.82, 2.24) is 19.4 Å². The number of para-hydroxylation sites is 2. The molecule has 1 amide bonds. The number of piperidine rings is 1. The molecule has 164 valence electrons. The number of hydrogen-bond acceptors (Lipinski definition) is 3. The third-order valence-electron chi connectivity index (χ3n) is 6.10. The highest BCUT2D eigenvalue weighted by atomic mass is 79.9. The van der Waals surface area contributed by atoms with E-state index >= 15 is 0 Å². The first-order chi connectivity index (χ1) is 15.1. The smallest absolute Gasteiger partial charge is 0.226 e. The molecule has 2 aromatic carbocycles. The number of amides is 1. The number of rotatable bonds is 7. The average molecular weight is 483 g/mol. The van der Waals surface area contributed by atoms with Crippen LogP contribution in [0, 0.1) is 5.92 Å². The number of fused-ring (bicyclic) bond motifs is 1. The van der Waals surface area contributed by atoms with Crippen LogP contribution < -0.4 is 0 Å². The van der Waals surface area contributed by atoms with Crippen LogP contribution in [0.4, 0.5) is 0 Å². The molecule has 0 unspecified atom stereocenters. The van der Waals surface area contributed by atoms with Gasteiger partial charge in [0.15, 0.2) is 0 Å². The molecule has 0 bridgehead atoms. The molecule has 6 heteroatoms. The summed E-state index contributed by atoms with van der Waals surface area (Å²) in [7, 11) is 0. The first kappa shape index (κ1) is 22.0. The van der Waals surface area contributed by atoms with Gasteiger partial charge in [-0.15, -0.1) is 0 Å². The highest BCUT2D eigenvalue weighted by Gasteiger charge is 2.29. The van der Waals surface area contributed by atoms with Crippen molar-refractivity contribution in [1.29, 1.82) is 0 Å². The van der Waals surface area contributed by atoms with Crippen molar-refractivity contribution in [2.75, 3.05) is 26.2 Å². The van der Waals surface area contributed by atoms with E-state index in [0.717, 1.165) is 79.0 Å². The molecule has 1 aliphatic rings. The quantitative estimate of drug-likeness (QED) is 0.461. The molecule has 2 heterocycles. The fraction of sp³-hybridized carbons (Fsp3) is 0.440. The molecule has 1 aliphatic heterocycles. The Morgan fingerprint density at radius 3 is 2.81 bits per heavy atom. The van der Waals surface area contributed by atoms with Gasteiger partial charge in [-0.3, -0.25) is 14.3 Å². The number of hydrogen-bond donors (Lipinski definition) is 0. The molecule has 1 atom stereocenters. The zero-order chi connectivity index (χ0) is 21.8. The van der Waals surface area contributed by atoms with Crippen LogP contribution in [0.3, 0.4) is 0 Å². The Morgan fingerprint density at radius 2 is 2.03 bits per heavy atom. The summed E-state index contributed by atoms with van der Waals surface area (Å²) in [4.78, 5) is 22.5. The van der Waals surface area contributed by atoms with Gasteiger partial charge in [-0.1, -0.05) is 41.1 Å². The maximum Gasteiger partial charge on any atom is 0.226 e. The van der Waals surface area contributed by atoms with Crippen LogP contribution in [0.1, 0.15) is 38.9 Å². The van der Waals surface area contributed by atoms with Gasteiger partial charge in [-0.2, -0.15) is 0 Å². The monoisotopic (exact) mass is 482 g/mol. The largest absolute Gasteiger partial charge is 0.343 e. The molecule has 0 saturated carbocycles. The third kappa shape index (κ3) is 4.85. The zero-order valence-electron chi connectivity index (χ0n) is 18.4. The van der Waals surface area contributed by atoms with Gasteiger partial charge in [0.25, 0.3) is 0 Å². The van der Waals surface area contributed by atoms with Crippen LogP contribution in [0.2, 0.25) is 0 Å². The number of carbonyl (C=O) groups is 1. The van der Waals surface area contributed by atoms with Crippen molar-refractivity contribution < 1.29 is 4.79 Å². The van der Waals surface area contributed by atoms with E-state index in [1.807, 2.05) is 17.0 Å². The Balaban J connectivity index is 1.60. The maximum absolute atomic E-state index is 13.1. The Hall–Kier alpha value is -2.18. The van der Waals surface area contributed by atoms with E-state index in [2.05, 4.69) is 75.6 Å². The molecule has 0 aliphatic carbocycles. The molecule has 3 aromatic rings. The highest BCUT2D eigenvalue weighted by Crippen LogP contribution is 2.26. The highest BCUT2D eigenvalue weighted by molar-refractivity contribution is 9.10. The number of imidazole rings is 1. The minimum absolute atomic E-state index is 0.0870. The molecule has 1 saturated heterocycles. The molecule has 1 fully saturated rings. The number of aromatic nitrogens is 2. The summed E-state index contributed by atoms with van der Waals surface area (Å²) in [6, 6.07) is 16.6. The van der Waals surface area contributed by atoms with E-state index in [9.17, 15) is 4.79 Å². The van der Waals surface area contributed by atoms with Crippen LogP contribution in [-0.2, 0) is 11.3 Å². The van der Waals surface area contributed by atoms with E-state index in [1.54, 1.807) is 0 Å². The standard InChI is InChI=1S/C25H31BrN4O/c1-3-14-29(4-2)25(31)19-9-8-15-28(17-19)18-24-27-22-12-5-6-13-23(22)30(24)21-11-7-10-20(26)16-21/h5-7,10-13,16,19H,3-4,8-9,14-15,17-18H2,1-2H3/t19-/m1/s1. The first-order valence-electron chi connectivity index (χ1n) is 11.3. The summed E-state index contributed by atoms with van der Waals surface area (Å²) >= 11 is 3.61. The molecule has 0 spiro atoms. The summed E-state index contributed by atoms with van der Waals surface area (Å²) in [6.45, 7) is 8.41. The predicted octanol–water partition coefficient (Wildman–Crippen LogP) is 5.26. The molecule has 0 N–H and O–H groups in total. The minimum atomic E-state index is 0.0870. The van der Waals surface area contributed by atoms with Gasteiger partial charge in [0.1, 0.15) is 5.82 Å². The Bertz CT molecular complexity index is 1050. The van der Waals surface area contributed by atoms with Crippen molar-refractivity contribution in [2.24, 2.45) is 5.92 Å². The van der Waals surface area contributed by atoms with Crippen molar-refractivity contribution in [3.63, 3.8) is 0 Å². The van der Waals surface area contributed by atoms with Crippen LogP contribution in [0.25, 0.3) is 16.7 Å². The van der Waals surface area contributed by atoms with Crippen LogP contribution in [0.5, 0.6) is 0 Å². The van der Waals surface area contributed by atoms with Gasteiger partial charge in [0.2, 0.25) is 5.91 Å². The van der Waals surface area contributed by atoms with Gasteiger partial charge >= 0.3 is 0 Å². The first-order valence-corrected chi connectivity index (χ1v) is 12.1. The van der Waals surface area contributed by atoms with Crippen molar-refractivity contribution in [3.8, 4) is 5.69 Å². The van der Waals surface area contributed by atoms with E-state index in [4.69, 9.17) is 4.98 Å². The Morgan fingerprint density at radius 1 is 1.19 bits per heavy atom. The van der Waals surface area contributed by atoms with E-state index in [-0.39, 0.29) is 5.92 Å². The molecule has 0 radical (unpaired) electrons. The topological polar surface area (TPSA) is 41.4 Å². The van der Waals surface area contributed by atoms with E-state index in [0.29, 0.717) is 5.91 Å². The number of benzene rings is 2. The van der Waals surface area contributed by atoms with Crippen molar-refractivity contribution >= 4 is 32.9 Å². The molecular formula is C25H31BrN4O. The molecule has 4 rings (SSSR count). The van der Waals surface area contributed by atoms with Crippen molar-refractivity contribution in [2.45, 2.75) is 39.7 Å². The summed E-state index contributed by atoms with van der Waals surface area (Å²) in [6.07, 6.45) is 3.04. The van der Waals surface area contributed by atoms with Gasteiger partial charge < -0.3 is 4.90 Å². The number of likely N-dealkylation sites (tertiary alicyclic amines) is 1. The fourth-order valence-corrected chi connectivity index (χ4v) is 5.03. The number of nitrogens with zero attached hydrogens (tertiary/aromatic N) is 4. The fourth-order valence-electron chi connectivity index (χ4n) is 4.64. The summed E-state index contributed by atoms with van der Waals surface area (Å²) < 4.78 is 3.30. The van der Waals surface area contributed by atoms with Gasteiger partial charge in [-0.25, -0.2) is 4.98 Å². The lowest BCUT2D eigenvalue weighted by Crippen LogP contribution is -2.45. The molecular weight excluding hydrogens is 452 g/mol. The SMILES string of the molecule is CCCN(CC)C(=O)[C@@H]1CCCN(Cc2nc3ccccc3n2-c2cccc(Br)c2)C1. The number of halogens is 1. The number of carbonyl (C=O) groups excluding carboxylic acids is 1. The second-order valence-electron chi connectivity index (χ2n) is 8.32. The predicted molar refractivity (Wildman–Crippen MR) is 129 cm³/mol. The van der Waals surface area contributed by atoms with Gasteiger partial charge in [-0.05, 0) is 63.1 Å². The van der Waals surface area contributed by atoms with Crippen molar-refractivity contribution in [3.05, 3.63) is 58.8 Å². The zero-order valence-corrected chi connectivity index (χ0v) is 20.0. The molecule has 5 nitrogen and oxygen atoms in total. The lowest BCUT2D eigenvalue weighted by molar-refractivity contribution is -0.137. The second kappa shape index (κ2) is 9.96. The summed E-state index contributed by atoms with van der Waals surface area (Å²) in [5.41, 5.74) is 3.21.